The summed E-state index contributed by atoms with van der Waals surface area (Å²) >= 11 is 0. The van der Waals surface area contributed by atoms with Gasteiger partial charge in [-0.3, -0.25) is 13.9 Å². The second-order valence-electron chi connectivity index (χ2n) is 6.04. The lowest BCUT2D eigenvalue weighted by molar-refractivity contribution is -0.00836. The van der Waals surface area contributed by atoms with E-state index >= 15 is 0 Å². The highest BCUT2D eigenvalue weighted by Crippen LogP contribution is 2.33. The van der Waals surface area contributed by atoms with E-state index in [0.717, 1.165) is 12.8 Å². The van der Waals surface area contributed by atoms with E-state index in [1.807, 2.05) is 13.8 Å². The van der Waals surface area contributed by atoms with Crippen LogP contribution in [0.3, 0.4) is 0 Å². The lowest BCUT2D eigenvalue weighted by Crippen LogP contribution is -2.41. The van der Waals surface area contributed by atoms with E-state index in [2.05, 4.69) is 13.8 Å². The first kappa shape index (κ1) is 15.0. The second-order valence-corrected chi connectivity index (χ2v) is 6.04. The van der Waals surface area contributed by atoms with Gasteiger partial charge >= 0.3 is 5.69 Å². The first-order chi connectivity index (χ1) is 9.36. The molecule has 0 spiro atoms. The smallest absolute Gasteiger partial charge is 0.332 e. The summed E-state index contributed by atoms with van der Waals surface area (Å²) in [5.41, 5.74) is 0.149. The molecule has 2 rings (SSSR count). The van der Waals surface area contributed by atoms with Gasteiger partial charge in [-0.1, -0.05) is 27.7 Å². The van der Waals surface area contributed by atoms with Crippen LogP contribution in [0.5, 0.6) is 0 Å². The highest BCUT2D eigenvalue weighted by molar-refractivity contribution is 5.10. The first-order valence-corrected chi connectivity index (χ1v) is 7.34. The van der Waals surface area contributed by atoms with Crippen molar-refractivity contribution in [2.75, 3.05) is 0 Å². The summed E-state index contributed by atoms with van der Waals surface area (Å²) in [6.45, 7) is 8.15. The molecule has 0 aromatic carbocycles. The Balaban J connectivity index is 2.48. The number of hydrogen-bond donors (Lipinski definition) is 0. The van der Waals surface area contributed by atoms with E-state index in [0.29, 0.717) is 11.5 Å². The average Bonchev–Trinajstić information content (AvgIpc) is 2.77. The van der Waals surface area contributed by atoms with Gasteiger partial charge in [0.1, 0.15) is 6.23 Å². The maximum Gasteiger partial charge on any atom is 0.332 e. The summed E-state index contributed by atoms with van der Waals surface area (Å²) in [5.74, 6) is 0.512. The van der Waals surface area contributed by atoms with Gasteiger partial charge in [-0.2, -0.15) is 0 Å². The zero-order chi connectivity index (χ0) is 15.0. The predicted molar refractivity (Wildman–Crippen MR) is 78.0 cm³/mol. The lowest BCUT2D eigenvalue weighted by atomic mass is 10.0. The van der Waals surface area contributed by atoms with Gasteiger partial charge in [0.15, 0.2) is 0 Å². The molecule has 1 saturated heterocycles. The summed E-state index contributed by atoms with van der Waals surface area (Å²) in [5, 5.41) is 0. The van der Waals surface area contributed by atoms with Crippen LogP contribution in [-0.4, -0.2) is 15.2 Å². The van der Waals surface area contributed by atoms with Crippen LogP contribution in [0.15, 0.2) is 15.8 Å². The van der Waals surface area contributed by atoms with Crippen molar-refractivity contribution in [3.63, 3.8) is 0 Å². The van der Waals surface area contributed by atoms with E-state index in [1.165, 1.54) is 11.6 Å². The average molecular weight is 280 g/mol. The molecular formula is C15H24N2O3. The number of rotatable bonds is 3. The van der Waals surface area contributed by atoms with Crippen molar-refractivity contribution in [3.05, 3.63) is 32.6 Å². The highest BCUT2D eigenvalue weighted by atomic mass is 16.5. The van der Waals surface area contributed by atoms with Crippen LogP contribution >= 0.6 is 0 Å². The van der Waals surface area contributed by atoms with Gasteiger partial charge in [0, 0.05) is 18.8 Å². The zero-order valence-corrected chi connectivity index (χ0v) is 12.9. The van der Waals surface area contributed by atoms with E-state index in [1.54, 1.807) is 10.8 Å². The molecule has 5 nitrogen and oxygen atoms in total. The third kappa shape index (κ3) is 2.46. The van der Waals surface area contributed by atoms with Crippen LogP contribution in [0.4, 0.5) is 0 Å². The van der Waals surface area contributed by atoms with Gasteiger partial charge < -0.3 is 4.74 Å². The van der Waals surface area contributed by atoms with Gasteiger partial charge in [-0.25, -0.2) is 4.79 Å². The van der Waals surface area contributed by atoms with Crippen molar-refractivity contribution in [1.29, 1.82) is 0 Å². The molecule has 1 aliphatic rings. The third-order valence-electron chi connectivity index (χ3n) is 4.21. The Labute approximate surface area is 119 Å². The van der Waals surface area contributed by atoms with Crippen molar-refractivity contribution >= 4 is 0 Å². The molecule has 112 valence electrons. The Hall–Kier alpha value is -1.36. The Kier molecular flexibility index (Phi) is 4.18. The monoisotopic (exact) mass is 280 g/mol. The van der Waals surface area contributed by atoms with Crippen LogP contribution in [0.25, 0.3) is 0 Å². The molecule has 20 heavy (non-hydrogen) atoms. The lowest BCUT2D eigenvalue weighted by Gasteiger charge is -2.18. The fraction of sp³-hybridized carbons (Fsp3) is 0.733. The normalized spacial score (nSPS) is 26.4. The van der Waals surface area contributed by atoms with Crippen LogP contribution < -0.4 is 11.2 Å². The summed E-state index contributed by atoms with van der Waals surface area (Å²) in [7, 11) is 1.53. The number of aromatic nitrogens is 2. The Bertz CT molecular complexity index is 600. The van der Waals surface area contributed by atoms with Crippen LogP contribution in [0.1, 0.15) is 58.2 Å². The van der Waals surface area contributed by atoms with Gasteiger partial charge in [-0.15, -0.1) is 0 Å². The summed E-state index contributed by atoms with van der Waals surface area (Å²) in [4.78, 5) is 24.4. The number of ether oxygens (including phenoxy) is 1. The standard InChI is InChI=1S/C15H24N2O3/c1-6-12-10(4)7-13(20-12)17-8-11(9(2)3)14(18)16(5)15(17)19/h8-10,12-13H,6-7H2,1-5H3. The molecule has 5 heteroatoms. The van der Waals surface area contributed by atoms with Gasteiger partial charge in [-0.05, 0) is 24.7 Å². The maximum absolute atomic E-state index is 12.3. The molecule has 0 aliphatic carbocycles. The van der Waals surface area contributed by atoms with E-state index < -0.39 is 0 Å². The third-order valence-corrected chi connectivity index (χ3v) is 4.21. The van der Waals surface area contributed by atoms with Crippen LogP contribution in [0, 0.1) is 5.92 Å². The maximum atomic E-state index is 12.3. The van der Waals surface area contributed by atoms with Crippen molar-refractivity contribution in [1.82, 2.24) is 9.13 Å². The van der Waals surface area contributed by atoms with Crippen molar-refractivity contribution in [2.45, 2.75) is 58.8 Å². The highest BCUT2D eigenvalue weighted by Gasteiger charge is 2.33. The minimum absolute atomic E-state index is 0.0846. The Morgan fingerprint density at radius 2 is 2.05 bits per heavy atom. The molecule has 0 saturated carbocycles. The van der Waals surface area contributed by atoms with Crippen molar-refractivity contribution in [3.8, 4) is 0 Å². The molecule has 1 aliphatic heterocycles. The fourth-order valence-corrected chi connectivity index (χ4v) is 2.86. The van der Waals surface area contributed by atoms with Crippen LogP contribution in [-0.2, 0) is 11.8 Å². The van der Waals surface area contributed by atoms with Crippen molar-refractivity contribution < 1.29 is 4.74 Å². The van der Waals surface area contributed by atoms with Crippen LogP contribution in [0.2, 0.25) is 0 Å². The van der Waals surface area contributed by atoms with E-state index in [-0.39, 0.29) is 29.5 Å². The molecule has 0 radical (unpaired) electrons. The SMILES string of the molecule is CCC1OC(n2cc(C(C)C)c(=O)n(C)c2=O)CC1C. The molecule has 3 atom stereocenters. The second kappa shape index (κ2) is 5.56. The topological polar surface area (TPSA) is 53.2 Å². The van der Waals surface area contributed by atoms with Gasteiger partial charge in [0.25, 0.3) is 5.56 Å². The minimum Gasteiger partial charge on any atom is -0.354 e. The molecule has 3 unspecified atom stereocenters. The van der Waals surface area contributed by atoms with Crippen molar-refractivity contribution in [2.24, 2.45) is 13.0 Å². The Morgan fingerprint density at radius 3 is 2.55 bits per heavy atom. The van der Waals surface area contributed by atoms with E-state index in [9.17, 15) is 9.59 Å². The molecule has 1 fully saturated rings. The van der Waals surface area contributed by atoms with E-state index in [4.69, 9.17) is 4.74 Å². The largest absolute Gasteiger partial charge is 0.354 e. The molecule has 0 N–H and O–H groups in total. The predicted octanol–water partition coefficient (Wildman–Crippen LogP) is 2.00. The zero-order valence-electron chi connectivity index (χ0n) is 12.9. The molecule has 0 amide bonds. The quantitative estimate of drug-likeness (QED) is 0.851. The molecule has 1 aromatic rings. The molecule has 1 aromatic heterocycles. The molecular weight excluding hydrogens is 256 g/mol. The van der Waals surface area contributed by atoms with Gasteiger partial charge in [0.05, 0.1) is 6.10 Å². The fourth-order valence-electron chi connectivity index (χ4n) is 2.86. The number of hydrogen-bond acceptors (Lipinski definition) is 3. The minimum atomic E-state index is -0.298. The summed E-state index contributed by atoms with van der Waals surface area (Å²) in [6, 6.07) is 0. The number of nitrogens with zero attached hydrogens (tertiary/aromatic N) is 2. The first-order valence-electron chi connectivity index (χ1n) is 7.34. The Morgan fingerprint density at radius 1 is 1.40 bits per heavy atom. The molecule has 0 bridgehead atoms. The molecule has 2 heterocycles. The summed E-state index contributed by atoms with van der Waals surface area (Å²) in [6.07, 6.45) is 3.37. The summed E-state index contributed by atoms with van der Waals surface area (Å²) < 4.78 is 8.74. The van der Waals surface area contributed by atoms with Gasteiger partial charge in [0.2, 0.25) is 0 Å².